The first-order valence-corrected chi connectivity index (χ1v) is 9.73. The predicted octanol–water partition coefficient (Wildman–Crippen LogP) is 3.46. The first kappa shape index (κ1) is 20.7. The molecule has 1 aliphatic rings. The molecule has 6 heteroatoms. The third kappa shape index (κ3) is 5.08. The standard InChI is InChI=1S/C23H28N2O4/c1-14-9-15(2)21(16(3)10-14)25-19(26)12-24-20(27)13-28-18-8-6-7-17-11-23(4,5)29-22(17)18/h6-10H,11-13H2,1-5H3,(H,24,27)(H,25,26). The number of amides is 2. The average Bonchev–Trinajstić information content (AvgIpc) is 2.95. The van der Waals surface area contributed by atoms with Gasteiger partial charge in [0, 0.05) is 17.7 Å². The third-order valence-corrected chi connectivity index (χ3v) is 4.80. The lowest BCUT2D eigenvalue weighted by Gasteiger charge is -2.18. The Hall–Kier alpha value is -3.02. The van der Waals surface area contributed by atoms with E-state index in [-0.39, 0.29) is 30.6 Å². The molecule has 1 aliphatic heterocycles. The molecule has 0 saturated heterocycles. The van der Waals surface area contributed by atoms with E-state index in [1.807, 2.05) is 58.9 Å². The van der Waals surface area contributed by atoms with Crippen molar-refractivity contribution in [1.82, 2.24) is 5.32 Å². The maximum atomic E-state index is 12.2. The summed E-state index contributed by atoms with van der Waals surface area (Å²) in [5.74, 6) is 0.582. The molecule has 29 heavy (non-hydrogen) atoms. The molecule has 0 atom stereocenters. The molecule has 2 N–H and O–H groups in total. The Balaban J connectivity index is 1.50. The van der Waals surface area contributed by atoms with Gasteiger partial charge >= 0.3 is 0 Å². The van der Waals surface area contributed by atoms with Crippen LogP contribution in [-0.4, -0.2) is 30.6 Å². The highest BCUT2D eigenvalue weighted by molar-refractivity contribution is 5.96. The first-order chi connectivity index (χ1) is 13.6. The molecular formula is C23H28N2O4. The zero-order valence-corrected chi connectivity index (χ0v) is 17.6. The van der Waals surface area contributed by atoms with Crippen LogP contribution in [-0.2, 0) is 16.0 Å². The number of para-hydroxylation sites is 1. The van der Waals surface area contributed by atoms with Crippen molar-refractivity contribution < 1.29 is 19.1 Å². The summed E-state index contributed by atoms with van der Waals surface area (Å²) < 4.78 is 11.6. The molecule has 0 unspecified atom stereocenters. The molecule has 0 aromatic heterocycles. The summed E-state index contributed by atoms with van der Waals surface area (Å²) in [4.78, 5) is 24.3. The monoisotopic (exact) mass is 396 g/mol. The van der Waals surface area contributed by atoms with Gasteiger partial charge in [-0.05, 0) is 51.8 Å². The highest BCUT2D eigenvalue weighted by Gasteiger charge is 2.32. The SMILES string of the molecule is Cc1cc(C)c(NC(=O)CNC(=O)COc2cccc3c2OC(C)(C)C3)c(C)c1. The molecule has 2 amide bonds. The molecule has 0 spiro atoms. The van der Waals surface area contributed by atoms with E-state index in [1.165, 1.54) is 0 Å². The molecule has 0 aliphatic carbocycles. The van der Waals surface area contributed by atoms with Gasteiger partial charge in [0.1, 0.15) is 5.60 Å². The van der Waals surface area contributed by atoms with Gasteiger partial charge in [0.25, 0.3) is 5.91 Å². The Labute approximate surface area is 171 Å². The van der Waals surface area contributed by atoms with E-state index in [1.54, 1.807) is 6.07 Å². The normalized spacial score (nSPS) is 14.0. The van der Waals surface area contributed by atoms with Crippen LogP contribution >= 0.6 is 0 Å². The van der Waals surface area contributed by atoms with Crippen LogP contribution in [0.15, 0.2) is 30.3 Å². The number of carbonyl (C=O) groups excluding carboxylic acids is 2. The van der Waals surface area contributed by atoms with Gasteiger partial charge in [-0.2, -0.15) is 0 Å². The number of fused-ring (bicyclic) bond motifs is 1. The zero-order chi connectivity index (χ0) is 21.2. The molecule has 0 bridgehead atoms. The number of rotatable bonds is 6. The number of benzene rings is 2. The number of aryl methyl sites for hydroxylation is 3. The van der Waals surface area contributed by atoms with Crippen LogP contribution in [0, 0.1) is 20.8 Å². The first-order valence-electron chi connectivity index (χ1n) is 9.73. The van der Waals surface area contributed by atoms with Crippen LogP contribution in [0.1, 0.15) is 36.1 Å². The highest BCUT2D eigenvalue weighted by atomic mass is 16.5. The number of nitrogens with one attached hydrogen (secondary N) is 2. The van der Waals surface area contributed by atoms with Gasteiger partial charge in [-0.3, -0.25) is 9.59 Å². The smallest absolute Gasteiger partial charge is 0.258 e. The number of anilines is 1. The van der Waals surface area contributed by atoms with Gasteiger partial charge in [-0.25, -0.2) is 0 Å². The van der Waals surface area contributed by atoms with Crippen LogP contribution < -0.4 is 20.1 Å². The summed E-state index contributed by atoms with van der Waals surface area (Å²) in [6.07, 6.45) is 0.795. The van der Waals surface area contributed by atoms with Crippen LogP contribution in [0.5, 0.6) is 11.5 Å². The van der Waals surface area contributed by atoms with Crippen molar-refractivity contribution in [2.45, 2.75) is 46.6 Å². The van der Waals surface area contributed by atoms with Crippen molar-refractivity contribution >= 4 is 17.5 Å². The fourth-order valence-electron chi connectivity index (χ4n) is 3.64. The minimum atomic E-state index is -0.368. The van der Waals surface area contributed by atoms with Gasteiger partial charge < -0.3 is 20.1 Å². The Morgan fingerprint density at radius 2 is 1.79 bits per heavy atom. The number of carbonyl (C=O) groups is 2. The maximum absolute atomic E-state index is 12.2. The molecule has 154 valence electrons. The van der Waals surface area contributed by atoms with Gasteiger partial charge in [-0.1, -0.05) is 29.8 Å². The second-order valence-corrected chi connectivity index (χ2v) is 8.17. The summed E-state index contributed by atoms with van der Waals surface area (Å²) in [6, 6.07) is 9.68. The summed E-state index contributed by atoms with van der Waals surface area (Å²) in [5, 5.41) is 5.45. The topological polar surface area (TPSA) is 76.7 Å². The Morgan fingerprint density at radius 1 is 1.10 bits per heavy atom. The minimum absolute atomic E-state index is 0.120. The molecule has 3 rings (SSSR count). The quantitative estimate of drug-likeness (QED) is 0.784. The van der Waals surface area contributed by atoms with Crippen molar-refractivity contribution in [2.24, 2.45) is 0 Å². The van der Waals surface area contributed by atoms with Crippen LogP contribution in [0.4, 0.5) is 5.69 Å². The second kappa shape index (κ2) is 8.15. The fraction of sp³-hybridized carbons (Fsp3) is 0.391. The summed E-state index contributed by atoms with van der Waals surface area (Å²) >= 11 is 0. The summed E-state index contributed by atoms with van der Waals surface area (Å²) in [6.45, 7) is 9.63. The van der Waals surface area contributed by atoms with Crippen molar-refractivity contribution in [3.8, 4) is 11.5 Å². The lowest BCUT2D eigenvalue weighted by atomic mass is 10.0. The molecular weight excluding hydrogens is 368 g/mol. The fourth-order valence-corrected chi connectivity index (χ4v) is 3.64. The molecule has 0 radical (unpaired) electrons. The number of hydrogen-bond acceptors (Lipinski definition) is 4. The van der Waals surface area contributed by atoms with E-state index in [9.17, 15) is 9.59 Å². The van der Waals surface area contributed by atoms with Gasteiger partial charge in [0.2, 0.25) is 5.91 Å². The maximum Gasteiger partial charge on any atom is 0.258 e. The minimum Gasteiger partial charge on any atom is -0.483 e. The van der Waals surface area contributed by atoms with Crippen LogP contribution in [0.2, 0.25) is 0 Å². The lowest BCUT2D eigenvalue weighted by molar-refractivity contribution is -0.125. The van der Waals surface area contributed by atoms with Crippen molar-refractivity contribution in [1.29, 1.82) is 0 Å². The Morgan fingerprint density at radius 3 is 2.48 bits per heavy atom. The predicted molar refractivity (Wildman–Crippen MR) is 113 cm³/mol. The third-order valence-electron chi connectivity index (χ3n) is 4.80. The zero-order valence-electron chi connectivity index (χ0n) is 17.6. The Kier molecular flexibility index (Phi) is 5.82. The van der Waals surface area contributed by atoms with Crippen LogP contribution in [0.25, 0.3) is 0 Å². The van der Waals surface area contributed by atoms with E-state index in [2.05, 4.69) is 10.6 Å². The van der Waals surface area contributed by atoms with E-state index >= 15 is 0 Å². The van der Waals surface area contributed by atoms with E-state index < -0.39 is 0 Å². The van der Waals surface area contributed by atoms with E-state index in [4.69, 9.17) is 9.47 Å². The Bertz CT molecular complexity index is 927. The van der Waals surface area contributed by atoms with Gasteiger partial charge in [0.15, 0.2) is 18.1 Å². The average molecular weight is 396 g/mol. The summed E-state index contributed by atoms with van der Waals surface area (Å²) in [5.41, 5.74) is 4.69. The molecule has 0 fully saturated rings. The van der Waals surface area contributed by atoms with E-state index in [0.29, 0.717) is 11.5 Å². The number of hydrogen-bond donors (Lipinski definition) is 2. The van der Waals surface area contributed by atoms with Crippen molar-refractivity contribution in [3.63, 3.8) is 0 Å². The lowest BCUT2D eigenvalue weighted by Crippen LogP contribution is -2.36. The van der Waals surface area contributed by atoms with Crippen molar-refractivity contribution in [2.75, 3.05) is 18.5 Å². The van der Waals surface area contributed by atoms with Crippen molar-refractivity contribution in [3.05, 3.63) is 52.6 Å². The molecule has 1 heterocycles. The summed E-state index contributed by atoms with van der Waals surface area (Å²) in [7, 11) is 0. The van der Waals surface area contributed by atoms with E-state index in [0.717, 1.165) is 34.4 Å². The van der Waals surface area contributed by atoms with Gasteiger partial charge in [-0.15, -0.1) is 0 Å². The molecule has 2 aromatic carbocycles. The molecule has 6 nitrogen and oxygen atoms in total. The molecule has 2 aromatic rings. The molecule has 0 saturated carbocycles. The largest absolute Gasteiger partial charge is 0.483 e. The highest BCUT2D eigenvalue weighted by Crippen LogP contribution is 2.41. The van der Waals surface area contributed by atoms with Crippen LogP contribution in [0.3, 0.4) is 0 Å². The number of ether oxygens (including phenoxy) is 2. The second-order valence-electron chi connectivity index (χ2n) is 8.17. The van der Waals surface area contributed by atoms with Gasteiger partial charge in [0.05, 0.1) is 6.54 Å².